The molecule has 0 aliphatic rings. The average Bonchev–Trinajstić information content (AvgIpc) is 2.84. The van der Waals surface area contributed by atoms with Crippen LogP contribution in [0.2, 0.25) is 15.1 Å². The lowest BCUT2D eigenvalue weighted by molar-refractivity contribution is -0.141. The number of halogens is 3. The van der Waals surface area contributed by atoms with E-state index in [1.807, 2.05) is 62.4 Å². The summed E-state index contributed by atoms with van der Waals surface area (Å²) < 4.78 is 0. The first-order valence-electron chi connectivity index (χ1n) is 11.6. The molecule has 0 unspecified atom stereocenters. The first-order valence-corrected chi connectivity index (χ1v) is 12.7. The molecule has 7 heteroatoms. The van der Waals surface area contributed by atoms with Crippen molar-refractivity contribution < 1.29 is 9.59 Å². The number of amides is 2. The highest BCUT2D eigenvalue weighted by Gasteiger charge is 2.31. The molecule has 2 amide bonds. The summed E-state index contributed by atoms with van der Waals surface area (Å²) in [7, 11) is 0. The van der Waals surface area contributed by atoms with Gasteiger partial charge in [0.15, 0.2) is 0 Å². The molecule has 1 N–H and O–H groups in total. The maximum Gasteiger partial charge on any atom is 0.243 e. The smallest absolute Gasteiger partial charge is 0.243 e. The third kappa shape index (κ3) is 7.73. The van der Waals surface area contributed by atoms with E-state index in [2.05, 4.69) is 5.32 Å². The molecule has 2 atom stereocenters. The first-order chi connectivity index (χ1) is 16.8. The van der Waals surface area contributed by atoms with Crippen LogP contribution in [0.1, 0.15) is 37.0 Å². The average molecular weight is 532 g/mol. The Labute approximate surface area is 222 Å². The second-order valence-electron chi connectivity index (χ2n) is 8.55. The number of benzene rings is 3. The molecule has 0 bridgehead atoms. The fourth-order valence-electron chi connectivity index (χ4n) is 3.73. The fraction of sp³-hybridized carbons (Fsp3) is 0.286. The van der Waals surface area contributed by atoms with Gasteiger partial charge in [-0.1, -0.05) is 96.3 Å². The molecule has 0 spiro atoms. The van der Waals surface area contributed by atoms with Crippen LogP contribution in [-0.4, -0.2) is 28.8 Å². The summed E-state index contributed by atoms with van der Waals surface area (Å²) in [5.41, 5.74) is 2.36. The molecule has 0 aliphatic heterocycles. The zero-order valence-electron chi connectivity index (χ0n) is 19.8. The molecular formula is C28H29Cl3N2O2. The quantitative estimate of drug-likeness (QED) is 0.315. The van der Waals surface area contributed by atoms with Gasteiger partial charge in [-0.2, -0.15) is 0 Å². The summed E-state index contributed by atoms with van der Waals surface area (Å²) in [6.07, 6.45) is 1.20. The Kier molecular flexibility index (Phi) is 10.0. The van der Waals surface area contributed by atoms with Gasteiger partial charge in [0.25, 0.3) is 0 Å². The SMILES string of the molecule is CC[C@H](C)NC(=O)[C@@H](Cc1ccccc1)N(Cc1ccc(Cl)cc1Cl)C(=O)Cc1ccccc1Cl. The summed E-state index contributed by atoms with van der Waals surface area (Å²) >= 11 is 18.9. The van der Waals surface area contributed by atoms with E-state index in [9.17, 15) is 9.59 Å². The Bertz CT molecular complexity index is 1150. The van der Waals surface area contributed by atoms with Crippen LogP contribution >= 0.6 is 34.8 Å². The van der Waals surface area contributed by atoms with Crippen LogP contribution in [0.25, 0.3) is 0 Å². The lowest BCUT2D eigenvalue weighted by Crippen LogP contribution is -2.52. The van der Waals surface area contributed by atoms with Crippen LogP contribution in [0.3, 0.4) is 0 Å². The number of nitrogens with zero attached hydrogens (tertiary/aromatic N) is 1. The molecule has 184 valence electrons. The number of carbonyl (C=O) groups is 2. The predicted molar refractivity (Wildman–Crippen MR) is 144 cm³/mol. The predicted octanol–water partition coefficient (Wildman–Crippen LogP) is 6.74. The van der Waals surface area contributed by atoms with E-state index in [0.717, 1.165) is 12.0 Å². The minimum Gasteiger partial charge on any atom is -0.352 e. The van der Waals surface area contributed by atoms with Gasteiger partial charge in [0.2, 0.25) is 11.8 Å². The molecule has 3 rings (SSSR count). The molecule has 35 heavy (non-hydrogen) atoms. The van der Waals surface area contributed by atoms with Gasteiger partial charge in [0, 0.05) is 34.1 Å². The topological polar surface area (TPSA) is 49.4 Å². The van der Waals surface area contributed by atoms with Crippen molar-refractivity contribution >= 4 is 46.6 Å². The van der Waals surface area contributed by atoms with E-state index in [1.165, 1.54) is 0 Å². The van der Waals surface area contributed by atoms with Gasteiger partial charge in [0.05, 0.1) is 6.42 Å². The molecular weight excluding hydrogens is 503 g/mol. The van der Waals surface area contributed by atoms with Gasteiger partial charge >= 0.3 is 0 Å². The lowest BCUT2D eigenvalue weighted by atomic mass is 10.0. The van der Waals surface area contributed by atoms with Crippen molar-refractivity contribution in [3.05, 3.63) is 105 Å². The molecule has 0 aromatic heterocycles. The van der Waals surface area contributed by atoms with Crippen molar-refractivity contribution in [3.8, 4) is 0 Å². The Morgan fingerprint density at radius 1 is 0.886 bits per heavy atom. The second-order valence-corrected chi connectivity index (χ2v) is 9.80. The Balaban J connectivity index is 2.01. The minimum atomic E-state index is -0.742. The Morgan fingerprint density at radius 2 is 1.57 bits per heavy atom. The number of rotatable bonds is 10. The fourth-order valence-corrected chi connectivity index (χ4v) is 4.41. The first kappa shape index (κ1) is 27.1. The number of nitrogens with one attached hydrogen (secondary N) is 1. The standard InChI is InChI=1S/C28H29Cl3N2O2/c1-3-19(2)32-28(35)26(15-20-9-5-4-6-10-20)33(18-22-13-14-23(29)17-25(22)31)27(34)16-21-11-7-8-12-24(21)30/h4-14,17,19,26H,3,15-16,18H2,1-2H3,(H,32,35)/t19-,26+/m0/s1. The summed E-state index contributed by atoms with van der Waals surface area (Å²) in [6.45, 7) is 4.11. The highest BCUT2D eigenvalue weighted by Crippen LogP contribution is 2.25. The van der Waals surface area contributed by atoms with E-state index in [1.54, 1.807) is 29.2 Å². The van der Waals surface area contributed by atoms with E-state index in [4.69, 9.17) is 34.8 Å². The monoisotopic (exact) mass is 530 g/mol. The van der Waals surface area contributed by atoms with Gasteiger partial charge in [0.1, 0.15) is 6.04 Å². The van der Waals surface area contributed by atoms with Crippen molar-refractivity contribution in [2.75, 3.05) is 0 Å². The van der Waals surface area contributed by atoms with Gasteiger partial charge in [-0.15, -0.1) is 0 Å². The van der Waals surface area contributed by atoms with Crippen molar-refractivity contribution in [1.29, 1.82) is 0 Å². The number of hydrogen-bond donors (Lipinski definition) is 1. The van der Waals surface area contributed by atoms with Crippen LogP contribution in [-0.2, 0) is 29.0 Å². The Morgan fingerprint density at radius 3 is 2.23 bits per heavy atom. The summed E-state index contributed by atoms with van der Waals surface area (Å²) in [6, 6.07) is 21.3. The normalized spacial score (nSPS) is 12.6. The van der Waals surface area contributed by atoms with Crippen LogP contribution < -0.4 is 5.32 Å². The molecule has 0 saturated carbocycles. The highest BCUT2D eigenvalue weighted by molar-refractivity contribution is 6.35. The molecule has 0 saturated heterocycles. The maximum absolute atomic E-state index is 13.8. The molecule has 0 aliphatic carbocycles. The molecule has 0 fully saturated rings. The van der Waals surface area contributed by atoms with Crippen LogP contribution in [0, 0.1) is 0 Å². The lowest BCUT2D eigenvalue weighted by Gasteiger charge is -2.32. The molecule has 0 radical (unpaired) electrons. The molecule has 3 aromatic carbocycles. The highest BCUT2D eigenvalue weighted by atomic mass is 35.5. The van der Waals surface area contributed by atoms with Gasteiger partial charge < -0.3 is 10.2 Å². The van der Waals surface area contributed by atoms with Crippen LogP contribution in [0.4, 0.5) is 0 Å². The van der Waals surface area contributed by atoms with E-state index in [0.29, 0.717) is 32.6 Å². The van der Waals surface area contributed by atoms with Crippen molar-refractivity contribution in [2.24, 2.45) is 0 Å². The molecule has 0 heterocycles. The third-order valence-electron chi connectivity index (χ3n) is 5.93. The minimum absolute atomic E-state index is 0.0274. The zero-order valence-corrected chi connectivity index (χ0v) is 22.1. The summed E-state index contributed by atoms with van der Waals surface area (Å²) in [4.78, 5) is 28.9. The summed E-state index contributed by atoms with van der Waals surface area (Å²) in [5, 5.41) is 4.51. The van der Waals surface area contributed by atoms with Crippen molar-refractivity contribution in [3.63, 3.8) is 0 Å². The van der Waals surface area contributed by atoms with Crippen LogP contribution in [0.15, 0.2) is 72.8 Å². The largest absolute Gasteiger partial charge is 0.352 e. The summed E-state index contributed by atoms with van der Waals surface area (Å²) in [5.74, 6) is -0.426. The van der Waals surface area contributed by atoms with E-state index >= 15 is 0 Å². The van der Waals surface area contributed by atoms with E-state index in [-0.39, 0.29) is 30.8 Å². The van der Waals surface area contributed by atoms with Crippen molar-refractivity contribution in [1.82, 2.24) is 10.2 Å². The van der Waals surface area contributed by atoms with Gasteiger partial charge in [-0.25, -0.2) is 0 Å². The third-order valence-corrected chi connectivity index (χ3v) is 6.88. The van der Waals surface area contributed by atoms with Gasteiger partial charge in [-0.3, -0.25) is 9.59 Å². The zero-order chi connectivity index (χ0) is 25.4. The van der Waals surface area contributed by atoms with Crippen molar-refractivity contribution in [2.45, 2.75) is 51.7 Å². The van der Waals surface area contributed by atoms with Crippen LogP contribution in [0.5, 0.6) is 0 Å². The molecule has 3 aromatic rings. The maximum atomic E-state index is 13.8. The number of hydrogen-bond acceptors (Lipinski definition) is 2. The second kappa shape index (κ2) is 13.0. The number of carbonyl (C=O) groups excluding carboxylic acids is 2. The Hall–Kier alpha value is -2.53. The molecule has 4 nitrogen and oxygen atoms in total. The van der Waals surface area contributed by atoms with E-state index < -0.39 is 6.04 Å². The van der Waals surface area contributed by atoms with Gasteiger partial charge in [-0.05, 0) is 48.2 Å².